The number of rotatable bonds is 5. The van der Waals surface area contributed by atoms with Crippen LogP contribution in [-0.2, 0) is 0 Å². The number of benzene rings is 2. The Morgan fingerprint density at radius 1 is 1.05 bits per heavy atom. The number of ether oxygens (including phenoxy) is 1. The minimum absolute atomic E-state index is 0. The third-order valence-corrected chi connectivity index (χ3v) is 4.43. The Bertz CT molecular complexity index is 628. The molecule has 2 nitrogen and oxygen atoms in total. The van der Waals surface area contributed by atoms with Gasteiger partial charge >= 0.3 is 18.9 Å². The molecule has 0 bridgehead atoms. The van der Waals surface area contributed by atoms with Crippen LogP contribution in [0.2, 0.25) is 0 Å². The van der Waals surface area contributed by atoms with Gasteiger partial charge in [-0.05, 0) is 64.8 Å². The summed E-state index contributed by atoms with van der Waals surface area (Å²) < 4.78 is 5.42. The fourth-order valence-electron chi connectivity index (χ4n) is 2.53. The molecule has 0 aliphatic carbocycles. The Labute approximate surface area is 146 Å². The SMILES string of the molecule is CCOc1ccc(PC(=O)c2c(C)cc(C)cc2C)cc1.[LiH]. The summed E-state index contributed by atoms with van der Waals surface area (Å²) in [4.78, 5) is 12.6. The number of hydrogen-bond acceptors (Lipinski definition) is 2. The topological polar surface area (TPSA) is 26.3 Å². The Balaban J connectivity index is 0.00000242. The van der Waals surface area contributed by atoms with Gasteiger partial charge in [0.2, 0.25) is 0 Å². The number of aryl methyl sites for hydroxylation is 3. The number of carbonyl (C=O) groups is 1. The van der Waals surface area contributed by atoms with Crippen LogP contribution in [0.4, 0.5) is 0 Å². The van der Waals surface area contributed by atoms with E-state index in [0.717, 1.165) is 27.7 Å². The molecule has 112 valence electrons. The summed E-state index contributed by atoms with van der Waals surface area (Å²) in [7, 11) is 0.149. The molecule has 0 spiro atoms. The van der Waals surface area contributed by atoms with Crippen molar-refractivity contribution in [3.05, 3.63) is 58.7 Å². The Kier molecular flexibility index (Phi) is 7.37. The number of hydrogen-bond donors (Lipinski definition) is 0. The van der Waals surface area contributed by atoms with Crippen LogP contribution in [-0.4, -0.2) is 31.0 Å². The summed E-state index contributed by atoms with van der Waals surface area (Å²) in [6.45, 7) is 8.69. The van der Waals surface area contributed by atoms with Gasteiger partial charge in [0.15, 0.2) is 5.52 Å². The van der Waals surface area contributed by atoms with Crippen molar-refractivity contribution in [2.45, 2.75) is 27.7 Å². The molecule has 0 heterocycles. The van der Waals surface area contributed by atoms with Gasteiger partial charge in [0.1, 0.15) is 5.75 Å². The monoisotopic (exact) mass is 308 g/mol. The van der Waals surface area contributed by atoms with Gasteiger partial charge in [-0.1, -0.05) is 29.8 Å². The molecule has 0 saturated heterocycles. The summed E-state index contributed by atoms with van der Waals surface area (Å²) in [5.74, 6) is 0.848. The Hall–Kier alpha value is -1.06. The molecule has 0 aliphatic rings. The van der Waals surface area contributed by atoms with E-state index in [0.29, 0.717) is 6.61 Å². The fraction of sp³-hybridized carbons (Fsp3) is 0.278. The minimum atomic E-state index is 0. The molecular weight excluding hydrogens is 286 g/mol. The van der Waals surface area contributed by atoms with Crippen molar-refractivity contribution in [2.24, 2.45) is 0 Å². The van der Waals surface area contributed by atoms with Crippen LogP contribution < -0.4 is 10.0 Å². The van der Waals surface area contributed by atoms with E-state index in [2.05, 4.69) is 19.1 Å². The van der Waals surface area contributed by atoms with Crippen LogP contribution in [0, 0.1) is 20.8 Å². The van der Waals surface area contributed by atoms with Gasteiger partial charge < -0.3 is 4.74 Å². The Morgan fingerprint density at radius 2 is 1.59 bits per heavy atom. The van der Waals surface area contributed by atoms with Gasteiger partial charge in [0, 0.05) is 5.56 Å². The van der Waals surface area contributed by atoms with Gasteiger partial charge in [-0.15, -0.1) is 0 Å². The van der Waals surface area contributed by atoms with E-state index in [-0.39, 0.29) is 33.0 Å². The second-order valence-electron chi connectivity index (χ2n) is 5.19. The summed E-state index contributed by atoms with van der Waals surface area (Å²) in [6, 6.07) is 11.9. The van der Waals surface area contributed by atoms with Crippen molar-refractivity contribution < 1.29 is 9.53 Å². The molecule has 0 aromatic heterocycles. The molecule has 0 fully saturated rings. The van der Waals surface area contributed by atoms with Crippen LogP contribution in [0.3, 0.4) is 0 Å². The molecule has 2 aromatic carbocycles. The van der Waals surface area contributed by atoms with Crippen molar-refractivity contribution in [3.63, 3.8) is 0 Å². The van der Waals surface area contributed by atoms with Crippen molar-refractivity contribution >= 4 is 38.3 Å². The molecule has 4 heteroatoms. The van der Waals surface area contributed by atoms with Gasteiger partial charge in [-0.2, -0.15) is 0 Å². The van der Waals surface area contributed by atoms with E-state index in [1.54, 1.807) is 0 Å². The van der Waals surface area contributed by atoms with Gasteiger partial charge in [0.25, 0.3) is 0 Å². The van der Waals surface area contributed by atoms with Gasteiger partial charge in [0.05, 0.1) is 6.61 Å². The molecule has 2 rings (SSSR count). The average molecular weight is 308 g/mol. The zero-order valence-electron chi connectivity index (χ0n) is 13.0. The molecule has 0 radical (unpaired) electrons. The third-order valence-electron chi connectivity index (χ3n) is 3.33. The number of carbonyl (C=O) groups excluding carboxylic acids is 1. The molecule has 1 atom stereocenters. The summed E-state index contributed by atoms with van der Waals surface area (Å²) >= 11 is 0. The van der Waals surface area contributed by atoms with E-state index >= 15 is 0 Å². The first-order valence-corrected chi connectivity index (χ1v) is 8.13. The molecule has 2 aromatic rings. The van der Waals surface area contributed by atoms with Crippen molar-refractivity contribution in [1.29, 1.82) is 0 Å². The summed E-state index contributed by atoms with van der Waals surface area (Å²) in [6.07, 6.45) is 0. The molecular formula is C18H22LiO2P. The zero-order chi connectivity index (χ0) is 15.4. The second-order valence-corrected chi connectivity index (χ2v) is 6.47. The van der Waals surface area contributed by atoms with Crippen molar-refractivity contribution in [2.75, 3.05) is 6.61 Å². The predicted molar refractivity (Wildman–Crippen MR) is 97.7 cm³/mol. The van der Waals surface area contributed by atoms with Gasteiger partial charge in [-0.25, -0.2) is 0 Å². The van der Waals surface area contributed by atoms with E-state index in [4.69, 9.17) is 4.74 Å². The Morgan fingerprint density at radius 3 is 2.09 bits per heavy atom. The molecule has 22 heavy (non-hydrogen) atoms. The van der Waals surface area contributed by atoms with Crippen LogP contribution in [0.5, 0.6) is 5.75 Å². The first-order chi connectivity index (χ1) is 10.0. The predicted octanol–water partition coefficient (Wildman–Crippen LogP) is 3.51. The van der Waals surface area contributed by atoms with E-state index in [9.17, 15) is 4.79 Å². The van der Waals surface area contributed by atoms with Crippen molar-refractivity contribution in [1.82, 2.24) is 0 Å². The molecule has 0 amide bonds. The fourth-order valence-corrected chi connectivity index (χ4v) is 3.65. The van der Waals surface area contributed by atoms with Crippen LogP contribution in [0.25, 0.3) is 0 Å². The average Bonchev–Trinajstić information content (AvgIpc) is 2.40. The van der Waals surface area contributed by atoms with E-state index in [1.807, 2.05) is 45.0 Å². The molecule has 1 unspecified atom stereocenters. The van der Waals surface area contributed by atoms with Crippen LogP contribution in [0.1, 0.15) is 34.0 Å². The van der Waals surface area contributed by atoms with E-state index < -0.39 is 0 Å². The zero-order valence-corrected chi connectivity index (χ0v) is 14.0. The molecule has 0 aliphatic heterocycles. The van der Waals surface area contributed by atoms with Gasteiger partial charge in [-0.3, -0.25) is 4.79 Å². The van der Waals surface area contributed by atoms with E-state index in [1.165, 1.54) is 5.56 Å². The van der Waals surface area contributed by atoms with Crippen LogP contribution in [0.15, 0.2) is 36.4 Å². The summed E-state index contributed by atoms with van der Waals surface area (Å²) in [5, 5.41) is 1.04. The molecule has 0 N–H and O–H groups in total. The first-order valence-electron chi connectivity index (χ1n) is 7.13. The first kappa shape index (κ1) is 19.0. The summed E-state index contributed by atoms with van der Waals surface area (Å²) in [5.41, 5.74) is 4.40. The quantitative estimate of drug-likeness (QED) is 0.624. The molecule has 0 saturated carbocycles. The van der Waals surface area contributed by atoms with Crippen LogP contribution >= 0.6 is 8.58 Å². The maximum atomic E-state index is 12.6. The maximum absolute atomic E-state index is 12.6. The third kappa shape index (κ3) is 4.72. The normalized spacial score (nSPS) is 10.5. The standard InChI is InChI=1S/C18H21O2P.Li.H/c1-5-20-15-6-8-16(9-7-15)21-18(19)17-13(3)10-12(2)11-14(17)4;;/h6-11,21H,5H2,1-4H3;;. The van der Waals surface area contributed by atoms with Crippen molar-refractivity contribution in [3.8, 4) is 5.75 Å². The second kappa shape index (κ2) is 8.54.